The van der Waals surface area contributed by atoms with Crippen LogP contribution in [0.4, 0.5) is 4.79 Å². The fourth-order valence-corrected chi connectivity index (χ4v) is 5.23. The molecule has 7 nitrogen and oxygen atoms in total. The summed E-state index contributed by atoms with van der Waals surface area (Å²) in [5.41, 5.74) is 2.63. The molecule has 7 heteroatoms. The number of unbranched alkanes of at least 4 members (excludes halogenated alkanes) is 4. The van der Waals surface area contributed by atoms with E-state index in [9.17, 15) is 9.59 Å². The van der Waals surface area contributed by atoms with Crippen LogP contribution in [0.2, 0.25) is 0 Å². The summed E-state index contributed by atoms with van der Waals surface area (Å²) in [6.07, 6.45) is 6.86. The molecule has 4 aromatic carbocycles. The molecule has 43 heavy (non-hydrogen) atoms. The lowest BCUT2D eigenvalue weighted by molar-refractivity contribution is 0.101. The topological polar surface area (TPSA) is 77.1 Å². The van der Waals surface area contributed by atoms with Crippen molar-refractivity contribution >= 4 is 28.7 Å². The van der Waals surface area contributed by atoms with Crippen molar-refractivity contribution in [2.75, 3.05) is 27.2 Å². The minimum atomic E-state index is -0.465. The predicted octanol–water partition coefficient (Wildman–Crippen LogP) is 7.64. The van der Waals surface area contributed by atoms with Crippen molar-refractivity contribution in [3.63, 3.8) is 0 Å². The number of amides is 1. The van der Waals surface area contributed by atoms with Gasteiger partial charge in [0.15, 0.2) is 5.76 Å². The van der Waals surface area contributed by atoms with Gasteiger partial charge in [0, 0.05) is 19.7 Å². The van der Waals surface area contributed by atoms with Crippen molar-refractivity contribution in [3.8, 4) is 17.2 Å². The molecule has 0 unspecified atom stereocenters. The molecule has 0 aliphatic carbocycles. The summed E-state index contributed by atoms with van der Waals surface area (Å²) in [6, 6.07) is 27.2. The van der Waals surface area contributed by atoms with Gasteiger partial charge in [0.25, 0.3) is 0 Å². The smallest absolute Gasteiger partial charge is 0.412 e. The van der Waals surface area contributed by atoms with E-state index in [0.717, 1.165) is 67.1 Å². The number of carbonyl (C=O) groups is 2. The van der Waals surface area contributed by atoms with E-state index < -0.39 is 6.09 Å². The summed E-state index contributed by atoms with van der Waals surface area (Å²) in [5.74, 6) is 2.03. The zero-order valence-corrected chi connectivity index (χ0v) is 24.8. The van der Waals surface area contributed by atoms with E-state index in [1.165, 1.54) is 0 Å². The van der Waals surface area contributed by atoms with Crippen LogP contribution >= 0.6 is 0 Å². The van der Waals surface area contributed by atoms with Gasteiger partial charge in [0.05, 0.1) is 12.2 Å². The summed E-state index contributed by atoms with van der Waals surface area (Å²) in [7, 11) is 3.65. The Hall–Kier alpha value is -4.62. The molecule has 0 radical (unpaired) electrons. The number of fused-ring (bicyclic) bond motifs is 2. The number of hydrogen-bond donors (Lipinski definition) is 1. The highest BCUT2D eigenvalue weighted by Gasteiger charge is 2.28. The Bertz CT molecular complexity index is 1610. The standard InChI is InChI=1S/C36H38N2O5/c1-37-36(40)42-30-16-10-12-26(22-30)25-38(2)20-8-4-3-5-9-21-41-29-18-19-32-33(24-29)43-34(35(32)39)23-28-15-11-14-27-13-6-7-17-31(27)28/h6-7,10-19,22-24H,3-5,8-9,20-21,25H2,1-2H3,(H,37,40)/b34-23-. The van der Waals surface area contributed by atoms with Crippen molar-refractivity contribution in [2.45, 2.75) is 38.6 Å². The number of carbonyl (C=O) groups excluding carboxylic acids is 2. The van der Waals surface area contributed by atoms with Crippen LogP contribution in [0.1, 0.15) is 53.6 Å². The molecule has 0 atom stereocenters. The second-order valence-corrected chi connectivity index (χ2v) is 10.8. The first-order chi connectivity index (χ1) is 21.0. The molecular weight excluding hydrogens is 540 g/mol. The third kappa shape index (κ3) is 8.02. The molecule has 4 aromatic rings. The predicted molar refractivity (Wildman–Crippen MR) is 170 cm³/mol. The number of allylic oxidation sites excluding steroid dienone is 1. The lowest BCUT2D eigenvalue weighted by Gasteiger charge is -2.17. The maximum Gasteiger partial charge on any atom is 0.412 e. The largest absolute Gasteiger partial charge is 0.493 e. The fraction of sp³-hybridized carbons (Fsp3) is 0.278. The van der Waals surface area contributed by atoms with Gasteiger partial charge in [-0.05, 0) is 78.7 Å². The van der Waals surface area contributed by atoms with E-state index in [4.69, 9.17) is 14.2 Å². The Kier molecular flexibility index (Phi) is 10.1. The number of nitrogens with zero attached hydrogens (tertiary/aromatic N) is 1. The van der Waals surface area contributed by atoms with Crippen molar-refractivity contribution in [1.29, 1.82) is 0 Å². The van der Waals surface area contributed by atoms with Crippen LogP contribution < -0.4 is 19.5 Å². The number of nitrogens with one attached hydrogen (secondary N) is 1. The van der Waals surface area contributed by atoms with Crippen LogP contribution in [0.5, 0.6) is 17.2 Å². The van der Waals surface area contributed by atoms with E-state index in [0.29, 0.717) is 35.2 Å². The first-order valence-electron chi connectivity index (χ1n) is 14.9. The van der Waals surface area contributed by atoms with Gasteiger partial charge in [0.1, 0.15) is 17.2 Å². The van der Waals surface area contributed by atoms with Gasteiger partial charge in [-0.2, -0.15) is 0 Å². The summed E-state index contributed by atoms with van der Waals surface area (Å²) in [5, 5.41) is 4.66. The minimum Gasteiger partial charge on any atom is -0.493 e. The first kappa shape index (κ1) is 29.9. The maximum absolute atomic E-state index is 13.0. The SMILES string of the molecule is CNC(=O)Oc1cccc(CN(C)CCCCCCCOc2ccc3c(c2)O/C(=C\c2cccc4ccccc24)C3=O)c1. The average molecular weight is 579 g/mol. The molecule has 1 aliphatic heterocycles. The molecule has 0 saturated carbocycles. The monoisotopic (exact) mass is 578 g/mol. The highest BCUT2D eigenvalue weighted by atomic mass is 16.6. The van der Waals surface area contributed by atoms with Crippen LogP contribution in [0.25, 0.3) is 16.8 Å². The van der Waals surface area contributed by atoms with Gasteiger partial charge >= 0.3 is 6.09 Å². The number of Topliss-reactive ketones (excluding diaryl/α,β-unsaturated/α-hetero) is 1. The molecule has 1 aliphatic rings. The molecule has 0 spiro atoms. The molecule has 1 N–H and O–H groups in total. The van der Waals surface area contributed by atoms with E-state index >= 15 is 0 Å². The maximum atomic E-state index is 13.0. The summed E-state index contributed by atoms with van der Waals surface area (Å²) in [4.78, 5) is 26.7. The quantitative estimate of drug-likeness (QED) is 0.130. The van der Waals surface area contributed by atoms with Gasteiger partial charge in [-0.15, -0.1) is 0 Å². The first-order valence-corrected chi connectivity index (χ1v) is 14.9. The third-order valence-electron chi connectivity index (χ3n) is 7.47. The highest BCUT2D eigenvalue weighted by molar-refractivity contribution is 6.15. The van der Waals surface area contributed by atoms with Crippen LogP contribution in [0.15, 0.2) is 90.7 Å². The lowest BCUT2D eigenvalue weighted by Crippen LogP contribution is -2.22. The number of ketones is 1. The van der Waals surface area contributed by atoms with Crippen LogP contribution in [-0.4, -0.2) is 44.0 Å². The van der Waals surface area contributed by atoms with Crippen molar-refractivity contribution < 1.29 is 23.8 Å². The van der Waals surface area contributed by atoms with Crippen LogP contribution in [-0.2, 0) is 6.54 Å². The van der Waals surface area contributed by atoms with Gasteiger partial charge in [-0.25, -0.2) is 4.79 Å². The van der Waals surface area contributed by atoms with Crippen molar-refractivity contribution in [3.05, 3.63) is 107 Å². The molecule has 0 fully saturated rings. The molecule has 0 saturated heterocycles. The van der Waals surface area contributed by atoms with Crippen LogP contribution in [0.3, 0.4) is 0 Å². The molecule has 222 valence electrons. The van der Waals surface area contributed by atoms with Gasteiger partial charge in [-0.3, -0.25) is 4.79 Å². The minimum absolute atomic E-state index is 0.108. The Morgan fingerprint density at radius 3 is 2.56 bits per heavy atom. The second-order valence-electron chi connectivity index (χ2n) is 10.8. The second kappa shape index (κ2) is 14.5. The number of hydrogen-bond acceptors (Lipinski definition) is 6. The molecule has 0 bridgehead atoms. The van der Waals surface area contributed by atoms with Crippen LogP contribution in [0, 0.1) is 0 Å². The summed E-state index contributed by atoms with van der Waals surface area (Å²) < 4.78 is 17.2. The summed E-state index contributed by atoms with van der Waals surface area (Å²) >= 11 is 0. The Morgan fingerprint density at radius 1 is 0.884 bits per heavy atom. The third-order valence-corrected chi connectivity index (χ3v) is 7.47. The molecular formula is C36H38N2O5. The average Bonchev–Trinajstić information content (AvgIpc) is 3.32. The Labute approximate surface area is 253 Å². The zero-order chi connectivity index (χ0) is 30.0. The zero-order valence-electron chi connectivity index (χ0n) is 24.8. The van der Waals surface area contributed by atoms with Gasteiger partial charge in [0.2, 0.25) is 5.78 Å². The van der Waals surface area contributed by atoms with E-state index in [1.807, 2.05) is 66.7 Å². The molecule has 5 rings (SSSR count). The number of rotatable bonds is 13. The van der Waals surface area contributed by atoms with E-state index in [2.05, 4.69) is 29.4 Å². The Morgan fingerprint density at radius 2 is 1.67 bits per heavy atom. The fourth-order valence-electron chi connectivity index (χ4n) is 5.23. The molecule has 0 aromatic heterocycles. The number of benzene rings is 4. The van der Waals surface area contributed by atoms with Gasteiger partial charge < -0.3 is 24.4 Å². The molecule has 1 amide bonds. The van der Waals surface area contributed by atoms with Crippen molar-refractivity contribution in [1.82, 2.24) is 10.2 Å². The van der Waals surface area contributed by atoms with E-state index in [1.54, 1.807) is 19.2 Å². The highest BCUT2D eigenvalue weighted by Crippen LogP contribution is 2.35. The summed E-state index contributed by atoms with van der Waals surface area (Å²) in [6.45, 7) is 2.43. The lowest BCUT2D eigenvalue weighted by atomic mass is 10.0. The van der Waals surface area contributed by atoms with Crippen molar-refractivity contribution in [2.24, 2.45) is 0 Å². The normalized spacial score (nSPS) is 13.3. The number of ether oxygens (including phenoxy) is 3. The molecule has 1 heterocycles. The van der Waals surface area contributed by atoms with Gasteiger partial charge in [-0.1, -0.05) is 73.9 Å². The Balaban J connectivity index is 1.00. The van der Waals surface area contributed by atoms with E-state index in [-0.39, 0.29) is 5.78 Å².